The molecule has 3 nitrogen and oxygen atoms in total. The molecule has 60 valence electrons. The van der Waals surface area contributed by atoms with E-state index < -0.39 is 0 Å². The van der Waals surface area contributed by atoms with E-state index in [4.69, 9.17) is 5.73 Å². The van der Waals surface area contributed by atoms with Crippen LogP contribution in [0.3, 0.4) is 0 Å². The average molecular weight is 143 g/mol. The van der Waals surface area contributed by atoms with Crippen molar-refractivity contribution in [2.75, 3.05) is 26.8 Å². The normalized spacial score (nSPS) is 23.4. The lowest BCUT2D eigenvalue weighted by Gasteiger charge is -2.29. The van der Waals surface area contributed by atoms with Gasteiger partial charge in [-0.15, -0.1) is 0 Å². The Morgan fingerprint density at radius 2 is 2.10 bits per heavy atom. The fraction of sp³-hybridized carbons (Fsp3) is 1.00. The van der Waals surface area contributed by atoms with Crippen LogP contribution in [0.25, 0.3) is 0 Å². The zero-order valence-corrected chi connectivity index (χ0v) is 6.64. The van der Waals surface area contributed by atoms with Crippen molar-refractivity contribution >= 4 is 0 Å². The van der Waals surface area contributed by atoms with E-state index in [1.807, 2.05) is 7.05 Å². The first-order valence-corrected chi connectivity index (χ1v) is 3.95. The number of nitrogens with zero attached hydrogens (tertiary/aromatic N) is 1. The molecule has 0 spiro atoms. The summed E-state index contributed by atoms with van der Waals surface area (Å²) in [6.07, 6.45) is 2.31. The van der Waals surface area contributed by atoms with Crippen LogP contribution in [0.15, 0.2) is 0 Å². The Kier molecular flexibility index (Phi) is 3.12. The monoisotopic (exact) mass is 143 g/mol. The van der Waals surface area contributed by atoms with Gasteiger partial charge in [-0.1, -0.05) is 0 Å². The smallest absolute Gasteiger partial charge is 0.0478 e. The number of nitrogens with two attached hydrogens (primary N) is 1. The minimum absolute atomic E-state index is 0.452. The Bertz CT molecular complexity index is 86.9. The molecule has 0 aromatic carbocycles. The number of hydrogen-bond donors (Lipinski definition) is 2. The fourth-order valence-corrected chi connectivity index (χ4v) is 1.33. The van der Waals surface area contributed by atoms with Gasteiger partial charge in [0.25, 0.3) is 0 Å². The zero-order valence-electron chi connectivity index (χ0n) is 6.64. The molecule has 3 heteroatoms. The number of nitrogens with one attached hydrogen (secondary N) is 1. The maximum Gasteiger partial charge on any atom is 0.0478 e. The van der Waals surface area contributed by atoms with Gasteiger partial charge in [-0.05, 0) is 19.9 Å². The highest BCUT2D eigenvalue weighted by Gasteiger charge is 2.14. The molecule has 10 heavy (non-hydrogen) atoms. The Labute approximate surface area is 62.6 Å². The molecule has 3 N–H and O–H groups in total. The molecule has 1 fully saturated rings. The largest absolute Gasteiger partial charge is 0.328 e. The van der Waals surface area contributed by atoms with E-state index >= 15 is 0 Å². The molecule has 1 aliphatic rings. The van der Waals surface area contributed by atoms with Crippen LogP contribution in [0.5, 0.6) is 0 Å². The molecule has 0 aliphatic carbocycles. The van der Waals surface area contributed by atoms with Gasteiger partial charge in [0.05, 0.1) is 0 Å². The summed E-state index contributed by atoms with van der Waals surface area (Å²) >= 11 is 0. The van der Waals surface area contributed by atoms with Gasteiger partial charge in [0.15, 0.2) is 0 Å². The summed E-state index contributed by atoms with van der Waals surface area (Å²) in [5.74, 6) is 0. The van der Waals surface area contributed by atoms with Gasteiger partial charge >= 0.3 is 0 Å². The SMILES string of the molecule is CNCN1CCC(N)CC1. The molecule has 0 amide bonds. The van der Waals surface area contributed by atoms with Gasteiger partial charge in [-0.25, -0.2) is 0 Å². The number of rotatable bonds is 2. The zero-order chi connectivity index (χ0) is 7.40. The standard InChI is InChI=1S/C7H17N3/c1-9-6-10-4-2-7(8)3-5-10/h7,9H,2-6,8H2,1H3. The van der Waals surface area contributed by atoms with Crippen molar-refractivity contribution in [3.8, 4) is 0 Å². The molecule has 1 rings (SSSR count). The Balaban J connectivity index is 2.13. The molecular weight excluding hydrogens is 126 g/mol. The van der Waals surface area contributed by atoms with Gasteiger partial charge in [-0.2, -0.15) is 0 Å². The summed E-state index contributed by atoms with van der Waals surface area (Å²) in [4.78, 5) is 2.39. The molecule has 0 aromatic rings. The average Bonchev–Trinajstić information content (AvgIpc) is 1.95. The van der Waals surface area contributed by atoms with E-state index in [1.54, 1.807) is 0 Å². The van der Waals surface area contributed by atoms with E-state index in [1.165, 1.54) is 0 Å². The highest BCUT2D eigenvalue weighted by atomic mass is 15.2. The summed E-state index contributed by atoms with van der Waals surface area (Å²) in [6.45, 7) is 3.32. The van der Waals surface area contributed by atoms with Gasteiger partial charge < -0.3 is 11.1 Å². The minimum Gasteiger partial charge on any atom is -0.328 e. The Morgan fingerprint density at radius 3 is 2.60 bits per heavy atom. The molecule has 0 atom stereocenters. The van der Waals surface area contributed by atoms with Gasteiger partial charge in [0.2, 0.25) is 0 Å². The molecule has 1 saturated heterocycles. The lowest BCUT2D eigenvalue weighted by atomic mass is 10.1. The van der Waals surface area contributed by atoms with Crippen LogP contribution in [0.2, 0.25) is 0 Å². The lowest BCUT2D eigenvalue weighted by molar-refractivity contribution is 0.204. The highest BCUT2D eigenvalue weighted by Crippen LogP contribution is 2.05. The summed E-state index contributed by atoms with van der Waals surface area (Å²) < 4.78 is 0. The van der Waals surface area contributed by atoms with Crippen LogP contribution >= 0.6 is 0 Å². The van der Waals surface area contributed by atoms with Gasteiger partial charge in [0, 0.05) is 25.8 Å². The molecule has 0 aromatic heterocycles. The van der Waals surface area contributed by atoms with E-state index in [2.05, 4.69) is 10.2 Å². The van der Waals surface area contributed by atoms with Gasteiger partial charge in [0.1, 0.15) is 0 Å². The van der Waals surface area contributed by atoms with Crippen LogP contribution in [0, 0.1) is 0 Å². The number of hydrogen-bond acceptors (Lipinski definition) is 3. The predicted molar refractivity (Wildman–Crippen MR) is 42.7 cm³/mol. The second kappa shape index (κ2) is 3.91. The summed E-state index contributed by atoms with van der Waals surface area (Å²) in [5, 5.41) is 3.14. The molecule has 1 aliphatic heterocycles. The van der Waals surface area contributed by atoms with Crippen LogP contribution in [0.1, 0.15) is 12.8 Å². The van der Waals surface area contributed by atoms with Crippen LogP contribution in [-0.2, 0) is 0 Å². The summed E-state index contributed by atoms with van der Waals surface area (Å²) in [5.41, 5.74) is 5.75. The lowest BCUT2D eigenvalue weighted by Crippen LogP contribution is -2.42. The third kappa shape index (κ3) is 2.25. The van der Waals surface area contributed by atoms with E-state index in [0.717, 1.165) is 32.6 Å². The second-order valence-electron chi connectivity index (χ2n) is 2.97. The van der Waals surface area contributed by atoms with Crippen molar-refractivity contribution in [1.82, 2.24) is 10.2 Å². The van der Waals surface area contributed by atoms with E-state index in [9.17, 15) is 0 Å². The molecule has 0 unspecified atom stereocenters. The minimum atomic E-state index is 0.452. The summed E-state index contributed by atoms with van der Waals surface area (Å²) in [6, 6.07) is 0.452. The topological polar surface area (TPSA) is 41.3 Å². The summed E-state index contributed by atoms with van der Waals surface area (Å²) in [7, 11) is 1.98. The first-order valence-electron chi connectivity index (χ1n) is 3.95. The van der Waals surface area contributed by atoms with Crippen molar-refractivity contribution in [2.24, 2.45) is 5.73 Å². The number of likely N-dealkylation sites (tertiary alicyclic amines) is 1. The van der Waals surface area contributed by atoms with Crippen LogP contribution in [0.4, 0.5) is 0 Å². The quantitative estimate of drug-likeness (QED) is 0.552. The third-order valence-electron chi connectivity index (χ3n) is 2.01. The third-order valence-corrected chi connectivity index (χ3v) is 2.01. The van der Waals surface area contributed by atoms with E-state index in [0.29, 0.717) is 6.04 Å². The maximum atomic E-state index is 5.75. The molecular formula is C7H17N3. The molecule has 0 saturated carbocycles. The van der Waals surface area contributed by atoms with Gasteiger partial charge in [-0.3, -0.25) is 4.90 Å². The highest BCUT2D eigenvalue weighted by molar-refractivity contribution is 4.72. The first-order chi connectivity index (χ1) is 4.83. The first kappa shape index (κ1) is 7.98. The van der Waals surface area contributed by atoms with Crippen molar-refractivity contribution in [3.63, 3.8) is 0 Å². The van der Waals surface area contributed by atoms with Crippen molar-refractivity contribution in [3.05, 3.63) is 0 Å². The van der Waals surface area contributed by atoms with E-state index in [-0.39, 0.29) is 0 Å². The Morgan fingerprint density at radius 1 is 1.50 bits per heavy atom. The van der Waals surface area contributed by atoms with Crippen molar-refractivity contribution < 1.29 is 0 Å². The molecule has 1 heterocycles. The fourth-order valence-electron chi connectivity index (χ4n) is 1.33. The number of piperidine rings is 1. The van der Waals surface area contributed by atoms with Crippen LogP contribution in [-0.4, -0.2) is 37.7 Å². The Hall–Kier alpha value is -0.120. The molecule has 0 bridgehead atoms. The van der Waals surface area contributed by atoms with Crippen molar-refractivity contribution in [2.45, 2.75) is 18.9 Å². The maximum absolute atomic E-state index is 5.75. The second-order valence-corrected chi connectivity index (χ2v) is 2.97. The molecule has 0 radical (unpaired) electrons. The van der Waals surface area contributed by atoms with Crippen molar-refractivity contribution in [1.29, 1.82) is 0 Å². The predicted octanol–water partition coefficient (Wildman–Crippen LogP) is -0.414. The van der Waals surface area contributed by atoms with Crippen LogP contribution < -0.4 is 11.1 Å².